The molecule has 4 heteroatoms. The molecular formula is C16H25ClN2O. The van der Waals surface area contributed by atoms with Crippen LogP contribution in [0.1, 0.15) is 25.3 Å². The first-order valence-electron chi connectivity index (χ1n) is 7.36. The zero-order valence-electron chi connectivity index (χ0n) is 12.7. The molecule has 20 heavy (non-hydrogen) atoms. The van der Waals surface area contributed by atoms with Crippen molar-refractivity contribution in [2.24, 2.45) is 5.92 Å². The number of hydrogen-bond acceptors (Lipinski definition) is 3. The van der Waals surface area contributed by atoms with Crippen LogP contribution in [0.15, 0.2) is 18.2 Å². The predicted octanol–water partition coefficient (Wildman–Crippen LogP) is 3.31. The van der Waals surface area contributed by atoms with E-state index in [-0.39, 0.29) is 0 Å². The molecule has 1 N–H and O–H groups in total. The number of halogens is 1. The monoisotopic (exact) mass is 296 g/mol. The summed E-state index contributed by atoms with van der Waals surface area (Å²) in [7, 11) is 3.69. The summed E-state index contributed by atoms with van der Waals surface area (Å²) >= 11 is 6.39. The Kier molecular flexibility index (Phi) is 5.70. The topological polar surface area (TPSA) is 24.5 Å². The number of hydrogen-bond donors (Lipinski definition) is 1. The second kappa shape index (κ2) is 7.30. The molecular weight excluding hydrogens is 272 g/mol. The van der Waals surface area contributed by atoms with Crippen LogP contribution < -0.4 is 10.2 Å². The molecule has 1 aliphatic carbocycles. The van der Waals surface area contributed by atoms with Gasteiger partial charge in [0.15, 0.2) is 0 Å². The van der Waals surface area contributed by atoms with E-state index in [4.69, 9.17) is 16.3 Å². The lowest BCUT2D eigenvalue weighted by Gasteiger charge is -2.32. The van der Waals surface area contributed by atoms with Crippen LogP contribution in [0.4, 0.5) is 5.69 Å². The Balaban J connectivity index is 2.16. The Morgan fingerprint density at radius 1 is 1.45 bits per heavy atom. The van der Waals surface area contributed by atoms with E-state index in [0.29, 0.717) is 6.04 Å². The van der Waals surface area contributed by atoms with Gasteiger partial charge in [0.25, 0.3) is 0 Å². The van der Waals surface area contributed by atoms with Gasteiger partial charge in [-0.25, -0.2) is 0 Å². The van der Waals surface area contributed by atoms with Crippen LogP contribution in [-0.4, -0.2) is 33.4 Å². The summed E-state index contributed by atoms with van der Waals surface area (Å²) < 4.78 is 5.25. The van der Waals surface area contributed by atoms with Crippen molar-refractivity contribution in [1.29, 1.82) is 0 Å². The molecule has 1 fully saturated rings. The van der Waals surface area contributed by atoms with Gasteiger partial charge in [-0.05, 0) is 50.4 Å². The SMILES string of the molecule is CNCc1ccc(N(CCOC)C(C)C2CC2)cc1Cl. The van der Waals surface area contributed by atoms with Crippen LogP contribution >= 0.6 is 11.6 Å². The van der Waals surface area contributed by atoms with Crippen LogP contribution in [0.5, 0.6) is 0 Å². The fraction of sp³-hybridized carbons (Fsp3) is 0.625. The summed E-state index contributed by atoms with van der Waals surface area (Å²) in [5.74, 6) is 0.822. The van der Waals surface area contributed by atoms with E-state index in [1.165, 1.54) is 18.5 Å². The van der Waals surface area contributed by atoms with E-state index in [0.717, 1.165) is 36.2 Å². The van der Waals surface area contributed by atoms with E-state index in [1.807, 2.05) is 7.05 Å². The molecule has 0 amide bonds. The zero-order chi connectivity index (χ0) is 14.5. The molecule has 3 nitrogen and oxygen atoms in total. The van der Waals surface area contributed by atoms with Crippen LogP contribution in [-0.2, 0) is 11.3 Å². The molecule has 0 saturated heterocycles. The minimum absolute atomic E-state index is 0.552. The van der Waals surface area contributed by atoms with Crippen molar-refractivity contribution in [3.05, 3.63) is 28.8 Å². The normalized spacial score (nSPS) is 16.2. The smallest absolute Gasteiger partial charge is 0.0637 e. The van der Waals surface area contributed by atoms with Crippen LogP contribution in [0.3, 0.4) is 0 Å². The average molecular weight is 297 g/mol. The summed E-state index contributed by atoms with van der Waals surface area (Å²) in [6, 6.07) is 6.93. The van der Waals surface area contributed by atoms with Gasteiger partial charge in [0.2, 0.25) is 0 Å². The maximum atomic E-state index is 6.39. The maximum absolute atomic E-state index is 6.39. The third-order valence-corrected chi connectivity index (χ3v) is 4.42. The number of anilines is 1. The highest BCUT2D eigenvalue weighted by molar-refractivity contribution is 6.31. The van der Waals surface area contributed by atoms with Crippen molar-refractivity contribution in [2.75, 3.05) is 32.2 Å². The summed E-state index contributed by atoms with van der Waals surface area (Å²) in [4.78, 5) is 2.43. The summed E-state index contributed by atoms with van der Waals surface area (Å²) in [6.07, 6.45) is 2.69. The molecule has 0 spiro atoms. The van der Waals surface area contributed by atoms with Crippen LogP contribution in [0.2, 0.25) is 5.02 Å². The van der Waals surface area contributed by atoms with Gasteiger partial charge in [0, 0.05) is 37.0 Å². The van der Waals surface area contributed by atoms with Gasteiger partial charge < -0.3 is 15.0 Å². The molecule has 0 bridgehead atoms. The van der Waals surface area contributed by atoms with E-state index in [2.05, 4.69) is 35.3 Å². The Labute approximate surface area is 127 Å². The largest absolute Gasteiger partial charge is 0.383 e. The number of nitrogens with zero attached hydrogens (tertiary/aromatic N) is 1. The Hall–Kier alpha value is -0.770. The molecule has 0 heterocycles. The molecule has 1 aromatic carbocycles. The first kappa shape index (κ1) is 15.6. The molecule has 0 aliphatic heterocycles. The highest BCUT2D eigenvalue weighted by Crippen LogP contribution is 2.37. The van der Waals surface area contributed by atoms with Gasteiger partial charge in [-0.2, -0.15) is 0 Å². The lowest BCUT2D eigenvalue weighted by Crippen LogP contribution is -2.37. The Bertz CT molecular complexity index is 434. The van der Waals surface area contributed by atoms with E-state index in [9.17, 15) is 0 Å². The fourth-order valence-electron chi connectivity index (χ4n) is 2.64. The van der Waals surface area contributed by atoms with Gasteiger partial charge in [0.1, 0.15) is 0 Å². The van der Waals surface area contributed by atoms with Crippen molar-refractivity contribution in [3.63, 3.8) is 0 Å². The van der Waals surface area contributed by atoms with Crippen LogP contribution in [0, 0.1) is 5.92 Å². The Morgan fingerprint density at radius 3 is 2.75 bits per heavy atom. The Morgan fingerprint density at radius 2 is 2.20 bits per heavy atom. The molecule has 1 saturated carbocycles. The first-order chi connectivity index (χ1) is 9.67. The summed E-state index contributed by atoms with van der Waals surface area (Å²) in [5.41, 5.74) is 2.34. The van der Waals surface area contributed by atoms with Crippen molar-refractivity contribution >= 4 is 17.3 Å². The molecule has 1 aromatic rings. The third-order valence-electron chi connectivity index (χ3n) is 4.07. The quantitative estimate of drug-likeness (QED) is 0.796. The average Bonchev–Trinajstić information content (AvgIpc) is 3.26. The highest BCUT2D eigenvalue weighted by atomic mass is 35.5. The lowest BCUT2D eigenvalue weighted by molar-refractivity contribution is 0.202. The zero-order valence-corrected chi connectivity index (χ0v) is 13.4. The molecule has 2 rings (SSSR count). The number of nitrogens with one attached hydrogen (secondary N) is 1. The number of benzene rings is 1. The molecule has 1 aliphatic rings. The summed E-state index contributed by atoms with van der Waals surface area (Å²) in [5, 5.41) is 3.98. The molecule has 1 unspecified atom stereocenters. The maximum Gasteiger partial charge on any atom is 0.0637 e. The summed E-state index contributed by atoms with van der Waals surface area (Å²) in [6.45, 7) is 4.76. The number of methoxy groups -OCH3 is 1. The third kappa shape index (κ3) is 3.87. The van der Waals surface area contributed by atoms with Crippen LogP contribution in [0.25, 0.3) is 0 Å². The van der Waals surface area contributed by atoms with Gasteiger partial charge in [-0.1, -0.05) is 17.7 Å². The van der Waals surface area contributed by atoms with E-state index in [1.54, 1.807) is 7.11 Å². The van der Waals surface area contributed by atoms with Gasteiger partial charge >= 0.3 is 0 Å². The highest BCUT2D eigenvalue weighted by Gasteiger charge is 2.32. The molecule has 112 valence electrons. The predicted molar refractivity (Wildman–Crippen MR) is 85.6 cm³/mol. The molecule has 0 aromatic heterocycles. The van der Waals surface area contributed by atoms with Gasteiger partial charge in [-0.15, -0.1) is 0 Å². The molecule has 0 radical (unpaired) electrons. The number of ether oxygens (including phenoxy) is 1. The second-order valence-electron chi connectivity index (χ2n) is 5.57. The standard InChI is InChI=1S/C16H25ClN2O/c1-12(13-4-5-13)19(8-9-20-3)15-7-6-14(11-18-2)16(17)10-15/h6-7,10,12-13,18H,4-5,8-9,11H2,1-3H3. The lowest BCUT2D eigenvalue weighted by atomic mass is 10.1. The van der Waals surface area contributed by atoms with E-state index < -0.39 is 0 Å². The fourth-order valence-corrected chi connectivity index (χ4v) is 2.88. The van der Waals surface area contributed by atoms with Gasteiger partial charge in [0.05, 0.1) is 6.61 Å². The van der Waals surface area contributed by atoms with Crippen molar-refractivity contribution in [1.82, 2.24) is 5.32 Å². The van der Waals surface area contributed by atoms with Crippen molar-refractivity contribution < 1.29 is 4.74 Å². The molecule has 1 atom stereocenters. The second-order valence-corrected chi connectivity index (χ2v) is 5.98. The minimum atomic E-state index is 0.552. The minimum Gasteiger partial charge on any atom is -0.383 e. The van der Waals surface area contributed by atoms with Crippen molar-refractivity contribution in [3.8, 4) is 0 Å². The van der Waals surface area contributed by atoms with Crippen molar-refractivity contribution in [2.45, 2.75) is 32.4 Å². The first-order valence-corrected chi connectivity index (χ1v) is 7.73. The van der Waals surface area contributed by atoms with E-state index >= 15 is 0 Å². The van der Waals surface area contributed by atoms with Gasteiger partial charge in [-0.3, -0.25) is 0 Å². The number of rotatable bonds is 8.